The van der Waals surface area contributed by atoms with Gasteiger partial charge in [-0.3, -0.25) is 9.59 Å². The highest BCUT2D eigenvalue weighted by atomic mass is 32.2. The molecule has 0 spiro atoms. The molecule has 3 aromatic rings. The van der Waals surface area contributed by atoms with E-state index in [0.29, 0.717) is 33.2 Å². The first-order valence-electron chi connectivity index (χ1n) is 12.1. The number of nitrogens with one attached hydrogen (secondary N) is 1. The molecular weight excluding hydrogens is 495 g/mol. The van der Waals surface area contributed by atoms with Crippen LogP contribution in [0.25, 0.3) is 0 Å². The smallest absolute Gasteiger partial charge is 0.259 e. The Morgan fingerprint density at radius 1 is 1.00 bits per heavy atom. The molecule has 2 amide bonds. The van der Waals surface area contributed by atoms with E-state index in [0.717, 1.165) is 23.5 Å². The van der Waals surface area contributed by atoms with Gasteiger partial charge in [0, 0.05) is 12.1 Å². The quantitative estimate of drug-likeness (QED) is 0.340. The summed E-state index contributed by atoms with van der Waals surface area (Å²) >= 11 is 1.89. The molecule has 0 aromatic heterocycles. The van der Waals surface area contributed by atoms with Crippen molar-refractivity contribution in [2.24, 2.45) is 0 Å². The molecule has 0 saturated carbocycles. The Hall–Kier alpha value is -2.97. The molecule has 0 bridgehead atoms. The van der Waals surface area contributed by atoms with E-state index in [2.05, 4.69) is 12.2 Å². The van der Waals surface area contributed by atoms with Gasteiger partial charge in [-0.25, -0.2) is 8.60 Å². The fourth-order valence-electron chi connectivity index (χ4n) is 3.96. The maximum atomic E-state index is 13.6. The van der Waals surface area contributed by atoms with E-state index in [-0.39, 0.29) is 24.2 Å². The van der Waals surface area contributed by atoms with Crippen LogP contribution in [-0.4, -0.2) is 34.1 Å². The van der Waals surface area contributed by atoms with Crippen molar-refractivity contribution in [3.63, 3.8) is 0 Å². The minimum Gasteiger partial charge on any atom is -0.352 e. The lowest BCUT2D eigenvalue weighted by atomic mass is 10.1. The molecule has 1 N–H and O–H groups in total. The van der Waals surface area contributed by atoms with Gasteiger partial charge in [0.15, 0.2) is 0 Å². The summed E-state index contributed by atoms with van der Waals surface area (Å²) in [6.45, 7) is 2.88. The predicted molar refractivity (Wildman–Crippen MR) is 144 cm³/mol. The van der Waals surface area contributed by atoms with Gasteiger partial charge < -0.3 is 10.2 Å². The van der Waals surface area contributed by atoms with Crippen LogP contribution >= 0.6 is 11.8 Å². The number of hydrogen-bond acceptors (Lipinski definition) is 4. The number of benzene rings is 3. The molecule has 3 aromatic carbocycles. The summed E-state index contributed by atoms with van der Waals surface area (Å²) in [5.74, 6) is 1.20. The third-order valence-corrected chi connectivity index (χ3v) is 8.58. The van der Waals surface area contributed by atoms with Crippen LogP contribution in [0.3, 0.4) is 0 Å². The molecule has 4 rings (SSSR count). The molecule has 0 fully saturated rings. The van der Waals surface area contributed by atoms with E-state index in [1.54, 1.807) is 54.6 Å². The monoisotopic (exact) mass is 524 g/mol. The second-order valence-corrected chi connectivity index (χ2v) is 11.2. The number of halogens is 1. The van der Waals surface area contributed by atoms with Gasteiger partial charge >= 0.3 is 0 Å². The predicted octanol–water partition coefficient (Wildman–Crippen LogP) is 5.81. The largest absolute Gasteiger partial charge is 0.352 e. The Balaban J connectivity index is 1.60. The number of rotatable bonds is 10. The molecule has 0 unspecified atom stereocenters. The first-order chi connectivity index (χ1) is 17.5. The average Bonchev–Trinajstić information content (AvgIpc) is 2.98. The maximum absolute atomic E-state index is 13.6. The summed E-state index contributed by atoms with van der Waals surface area (Å²) in [5, 5.41) is 2.95. The van der Waals surface area contributed by atoms with Crippen molar-refractivity contribution in [2.75, 3.05) is 23.0 Å². The number of carbonyl (C=O) groups is 2. The SMILES string of the molecule is CCCCSCCCNC(=O)c1ccc2c(c1)N(Cc1ccc(F)cc1)C(=O)c1ccccc1[S@@]2=O. The van der Waals surface area contributed by atoms with Crippen LogP contribution in [0.2, 0.25) is 0 Å². The van der Waals surface area contributed by atoms with E-state index >= 15 is 0 Å². The molecule has 0 aliphatic carbocycles. The number of hydrogen-bond donors (Lipinski definition) is 1. The van der Waals surface area contributed by atoms with Crippen LogP contribution in [0.4, 0.5) is 10.1 Å². The zero-order valence-corrected chi connectivity index (χ0v) is 21.8. The molecule has 1 aliphatic heterocycles. The summed E-state index contributed by atoms with van der Waals surface area (Å²) in [4.78, 5) is 28.9. The van der Waals surface area contributed by atoms with Crippen molar-refractivity contribution in [1.29, 1.82) is 0 Å². The highest BCUT2D eigenvalue weighted by Crippen LogP contribution is 2.36. The lowest BCUT2D eigenvalue weighted by Gasteiger charge is -2.23. The first kappa shape index (κ1) is 26.1. The maximum Gasteiger partial charge on any atom is 0.259 e. The van der Waals surface area contributed by atoms with Crippen molar-refractivity contribution in [2.45, 2.75) is 42.5 Å². The number of anilines is 1. The van der Waals surface area contributed by atoms with Crippen molar-refractivity contribution >= 4 is 40.1 Å². The number of amides is 2. The van der Waals surface area contributed by atoms with Gasteiger partial charge in [0.25, 0.3) is 11.8 Å². The van der Waals surface area contributed by atoms with Gasteiger partial charge in [-0.05, 0) is 72.4 Å². The Labute approximate surface area is 217 Å². The molecule has 0 saturated heterocycles. The van der Waals surface area contributed by atoms with Crippen molar-refractivity contribution in [3.8, 4) is 0 Å². The standard InChI is InChI=1S/C28H29FN2O3S2/c1-2-3-16-35-17-6-15-30-27(32)21-11-14-26-24(18-21)31(19-20-9-12-22(29)13-10-20)28(33)23-7-4-5-8-25(23)36(26)34/h4-5,7-14,18H,2-3,6,15-17,19H2,1H3,(H,30,32)/t36-/m0/s1. The van der Waals surface area contributed by atoms with Gasteiger partial charge in [-0.1, -0.05) is 37.6 Å². The molecule has 188 valence electrons. The second-order valence-electron chi connectivity index (χ2n) is 8.54. The van der Waals surface area contributed by atoms with Gasteiger partial charge in [0.1, 0.15) is 5.82 Å². The van der Waals surface area contributed by atoms with E-state index in [4.69, 9.17) is 0 Å². The topological polar surface area (TPSA) is 66.5 Å². The average molecular weight is 525 g/mol. The second kappa shape index (κ2) is 12.3. The van der Waals surface area contributed by atoms with Crippen molar-refractivity contribution in [3.05, 3.63) is 89.2 Å². The van der Waals surface area contributed by atoms with Crippen LogP contribution in [-0.2, 0) is 17.3 Å². The Morgan fingerprint density at radius 3 is 2.53 bits per heavy atom. The lowest BCUT2D eigenvalue weighted by Crippen LogP contribution is -2.31. The number of carbonyl (C=O) groups excluding carboxylic acids is 2. The molecule has 0 radical (unpaired) electrons. The van der Waals surface area contributed by atoms with Crippen LogP contribution in [0.5, 0.6) is 0 Å². The van der Waals surface area contributed by atoms with Crippen LogP contribution in [0, 0.1) is 5.82 Å². The molecule has 5 nitrogen and oxygen atoms in total. The summed E-state index contributed by atoms with van der Waals surface area (Å²) in [5.41, 5.74) is 1.88. The van der Waals surface area contributed by atoms with E-state index in [9.17, 15) is 18.2 Å². The number of thioether (sulfide) groups is 1. The van der Waals surface area contributed by atoms with Gasteiger partial charge in [0.05, 0.1) is 38.4 Å². The summed E-state index contributed by atoms with van der Waals surface area (Å²) in [7, 11) is -1.60. The first-order valence-corrected chi connectivity index (χ1v) is 14.4. The Kier molecular flexibility index (Phi) is 8.93. The van der Waals surface area contributed by atoms with Gasteiger partial charge in [-0.15, -0.1) is 0 Å². The molecule has 1 atom stereocenters. The number of unbranched alkanes of at least 4 members (excludes halogenated alkanes) is 1. The van der Waals surface area contributed by atoms with Crippen LogP contribution in [0.1, 0.15) is 52.5 Å². The minimum atomic E-state index is -1.60. The van der Waals surface area contributed by atoms with E-state index in [1.165, 1.54) is 29.9 Å². The summed E-state index contributed by atoms with van der Waals surface area (Å²) < 4.78 is 27.0. The fourth-order valence-corrected chi connectivity index (χ4v) is 6.35. The van der Waals surface area contributed by atoms with E-state index < -0.39 is 10.8 Å². The number of nitrogens with zero attached hydrogens (tertiary/aromatic N) is 1. The lowest BCUT2D eigenvalue weighted by molar-refractivity contribution is 0.0950. The Morgan fingerprint density at radius 2 is 1.75 bits per heavy atom. The number of fused-ring (bicyclic) bond motifs is 2. The molecule has 36 heavy (non-hydrogen) atoms. The van der Waals surface area contributed by atoms with Crippen LogP contribution < -0.4 is 10.2 Å². The third kappa shape index (κ3) is 6.05. The molecule has 1 aliphatic rings. The minimum absolute atomic E-state index is 0.150. The van der Waals surface area contributed by atoms with E-state index in [1.807, 2.05) is 11.8 Å². The zero-order valence-electron chi connectivity index (χ0n) is 20.2. The Bertz CT molecular complexity index is 1260. The summed E-state index contributed by atoms with van der Waals surface area (Å²) in [6, 6.07) is 17.7. The molecule has 1 heterocycles. The van der Waals surface area contributed by atoms with Gasteiger partial charge in [-0.2, -0.15) is 11.8 Å². The summed E-state index contributed by atoms with van der Waals surface area (Å²) in [6.07, 6.45) is 3.25. The molecular formula is C28H29FN2O3S2. The fraction of sp³-hybridized carbons (Fsp3) is 0.286. The molecule has 8 heteroatoms. The zero-order chi connectivity index (χ0) is 25.5. The van der Waals surface area contributed by atoms with Gasteiger partial charge in [0.2, 0.25) is 0 Å². The third-order valence-electron chi connectivity index (χ3n) is 5.92. The highest BCUT2D eigenvalue weighted by Gasteiger charge is 2.31. The van der Waals surface area contributed by atoms with Crippen molar-refractivity contribution < 1.29 is 18.2 Å². The highest BCUT2D eigenvalue weighted by molar-refractivity contribution is 7.99. The normalized spacial score (nSPS) is 14.7. The van der Waals surface area contributed by atoms with Crippen LogP contribution in [0.15, 0.2) is 76.5 Å². The van der Waals surface area contributed by atoms with Crippen molar-refractivity contribution in [1.82, 2.24) is 5.32 Å².